The van der Waals surface area contributed by atoms with Gasteiger partial charge in [-0.3, -0.25) is 10.8 Å². The molecule has 0 saturated carbocycles. The Hall–Kier alpha value is -1.85. The molecule has 1 saturated heterocycles. The Bertz CT molecular complexity index is 680. The third-order valence-corrected chi connectivity index (χ3v) is 4.50. The van der Waals surface area contributed by atoms with Crippen molar-refractivity contribution in [2.75, 3.05) is 30.0 Å². The van der Waals surface area contributed by atoms with Crippen LogP contribution in [0.3, 0.4) is 0 Å². The van der Waals surface area contributed by atoms with Gasteiger partial charge in [0.1, 0.15) is 0 Å². The molecule has 0 unspecified atom stereocenters. The maximum Gasteiger partial charge on any atom is 0.0755 e. The van der Waals surface area contributed by atoms with E-state index in [-0.39, 0.29) is 0 Å². The van der Waals surface area contributed by atoms with Crippen LogP contribution in [0.4, 0.5) is 11.4 Å². The highest BCUT2D eigenvalue weighted by molar-refractivity contribution is 5.95. The van der Waals surface area contributed by atoms with Crippen molar-refractivity contribution in [3.8, 4) is 0 Å². The Balaban J connectivity index is 1.88. The summed E-state index contributed by atoms with van der Waals surface area (Å²) < 4.78 is 5.57. The minimum atomic E-state index is 0.589. The van der Waals surface area contributed by atoms with Crippen LogP contribution in [-0.2, 0) is 17.8 Å². The highest BCUT2D eigenvalue weighted by Gasteiger charge is 2.19. The summed E-state index contributed by atoms with van der Waals surface area (Å²) in [4.78, 5) is 7.22. The van der Waals surface area contributed by atoms with Gasteiger partial charge in [-0.05, 0) is 31.0 Å². The van der Waals surface area contributed by atoms with Gasteiger partial charge in [0.05, 0.1) is 30.1 Å². The lowest BCUT2D eigenvalue weighted by atomic mass is 10.0. The zero-order chi connectivity index (χ0) is 14.2. The number of hydrogen-bond acceptors (Lipinski definition) is 5. The Kier molecular flexibility index (Phi) is 3.16. The van der Waals surface area contributed by atoms with E-state index >= 15 is 0 Å². The lowest BCUT2D eigenvalue weighted by molar-refractivity contribution is 0.110. The van der Waals surface area contributed by atoms with Crippen molar-refractivity contribution in [3.63, 3.8) is 0 Å². The largest absolute Gasteiger partial charge is 0.376 e. The smallest absolute Gasteiger partial charge is 0.0755 e. The number of aromatic nitrogens is 1. The Morgan fingerprint density at radius 2 is 2.10 bits per heavy atom. The normalized spacial score (nSPS) is 18.0. The molecule has 1 aromatic heterocycles. The third kappa shape index (κ3) is 2.13. The van der Waals surface area contributed by atoms with Gasteiger partial charge < -0.3 is 15.1 Å². The minimum absolute atomic E-state index is 0.589. The highest BCUT2D eigenvalue weighted by Crippen LogP contribution is 2.34. The lowest BCUT2D eigenvalue weighted by Gasteiger charge is -2.22. The summed E-state index contributed by atoms with van der Waals surface area (Å²) in [7, 11) is 0. The number of ether oxygens (including phenoxy) is 1. The van der Waals surface area contributed by atoms with Crippen LogP contribution < -0.4 is 16.2 Å². The predicted molar refractivity (Wildman–Crippen MR) is 84.4 cm³/mol. The van der Waals surface area contributed by atoms with Crippen molar-refractivity contribution < 1.29 is 4.74 Å². The first-order valence-corrected chi connectivity index (χ1v) is 7.61. The first-order chi connectivity index (χ1) is 10.4. The number of nitrogen functional groups attached to an aromatic ring is 1. The van der Waals surface area contributed by atoms with Crippen molar-refractivity contribution in [3.05, 3.63) is 29.5 Å². The number of hydrazine groups is 1. The molecule has 0 amide bonds. The van der Waals surface area contributed by atoms with E-state index in [1.165, 1.54) is 18.5 Å². The van der Waals surface area contributed by atoms with Crippen LogP contribution in [0.25, 0.3) is 10.9 Å². The van der Waals surface area contributed by atoms with E-state index in [1.54, 1.807) is 0 Å². The summed E-state index contributed by atoms with van der Waals surface area (Å²) in [5.74, 6) is 5.80. The van der Waals surface area contributed by atoms with Crippen molar-refractivity contribution in [2.24, 2.45) is 5.84 Å². The van der Waals surface area contributed by atoms with Gasteiger partial charge in [0, 0.05) is 36.1 Å². The molecule has 0 aliphatic carbocycles. The van der Waals surface area contributed by atoms with Crippen molar-refractivity contribution in [1.29, 1.82) is 0 Å². The van der Waals surface area contributed by atoms with E-state index < -0.39 is 0 Å². The van der Waals surface area contributed by atoms with Crippen LogP contribution >= 0.6 is 0 Å². The molecule has 3 N–H and O–H groups in total. The number of fused-ring (bicyclic) bond motifs is 2. The number of anilines is 2. The zero-order valence-electron chi connectivity index (χ0n) is 12.1. The molecular formula is C16H20N4O. The van der Waals surface area contributed by atoms with Crippen LogP contribution in [-0.4, -0.2) is 24.7 Å². The average molecular weight is 284 g/mol. The van der Waals surface area contributed by atoms with E-state index in [0.717, 1.165) is 54.0 Å². The number of benzene rings is 1. The summed E-state index contributed by atoms with van der Waals surface area (Å²) in [6, 6.07) is 6.49. The molecule has 0 spiro atoms. The second-order valence-corrected chi connectivity index (χ2v) is 5.75. The molecule has 3 heterocycles. The molecule has 0 radical (unpaired) electrons. The van der Waals surface area contributed by atoms with E-state index in [4.69, 9.17) is 15.6 Å². The second-order valence-electron chi connectivity index (χ2n) is 5.75. The molecule has 110 valence electrons. The minimum Gasteiger partial charge on any atom is -0.376 e. The molecule has 2 aliphatic heterocycles. The van der Waals surface area contributed by atoms with E-state index in [0.29, 0.717) is 6.61 Å². The zero-order valence-corrected chi connectivity index (χ0v) is 12.1. The molecular weight excluding hydrogens is 264 g/mol. The number of nitrogens with one attached hydrogen (secondary N) is 1. The van der Waals surface area contributed by atoms with Gasteiger partial charge in [-0.25, -0.2) is 0 Å². The van der Waals surface area contributed by atoms with E-state index in [2.05, 4.69) is 28.5 Å². The van der Waals surface area contributed by atoms with Gasteiger partial charge in [-0.15, -0.1) is 0 Å². The number of pyridine rings is 1. The van der Waals surface area contributed by atoms with E-state index in [1.807, 2.05) is 0 Å². The highest BCUT2D eigenvalue weighted by atomic mass is 16.5. The SMILES string of the molecule is NNc1c2c(nc3ccc(N4CCCC4)cc13)CCOC2. The van der Waals surface area contributed by atoms with Crippen molar-refractivity contribution >= 4 is 22.3 Å². The Labute approximate surface area is 124 Å². The molecule has 0 bridgehead atoms. The molecule has 5 nitrogen and oxygen atoms in total. The number of nitrogens with zero attached hydrogens (tertiary/aromatic N) is 2. The van der Waals surface area contributed by atoms with Crippen LogP contribution in [0.2, 0.25) is 0 Å². The average Bonchev–Trinajstić information content (AvgIpc) is 3.06. The summed E-state index contributed by atoms with van der Waals surface area (Å²) >= 11 is 0. The van der Waals surface area contributed by atoms with Crippen LogP contribution in [0.1, 0.15) is 24.1 Å². The Morgan fingerprint density at radius 3 is 2.90 bits per heavy atom. The second kappa shape index (κ2) is 5.16. The first-order valence-electron chi connectivity index (χ1n) is 7.61. The molecule has 5 heteroatoms. The molecule has 4 rings (SSSR count). The van der Waals surface area contributed by atoms with E-state index in [9.17, 15) is 0 Å². The fourth-order valence-electron chi connectivity index (χ4n) is 3.38. The number of nitrogens with two attached hydrogens (primary N) is 1. The third-order valence-electron chi connectivity index (χ3n) is 4.50. The fraction of sp³-hybridized carbons (Fsp3) is 0.438. The molecule has 2 aromatic rings. The molecule has 1 fully saturated rings. The summed E-state index contributed by atoms with van der Waals surface area (Å²) in [6.45, 7) is 3.60. The molecule has 2 aliphatic rings. The standard InChI is InChI=1S/C16H20N4O/c17-19-16-12-9-11(20-6-1-2-7-20)3-4-14(12)18-15-5-8-21-10-13(15)16/h3-4,9H,1-2,5-8,10,17H2,(H,18,19). The van der Waals surface area contributed by atoms with Crippen LogP contribution in [0, 0.1) is 0 Å². The molecule has 1 aromatic carbocycles. The van der Waals surface area contributed by atoms with Crippen molar-refractivity contribution in [2.45, 2.75) is 25.9 Å². The summed E-state index contributed by atoms with van der Waals surface area (Å²) in [5.41, 5.74) is 8.32. The summed E-state index contributed by atoms with van der Waals surface area (Å²) in [5, 5.41) is 1.09. The van der Waals surface area contributed by atoms with Gasteiger partial charge in [0.25, 0.3) is 0 Å². The lowest BCUT2D eigenvalue weighted by Crippen LogP contribution is -2.19. The van der Waals surface area contributed by atoms with Gasteiger partial charge >= 0.3 is 0 Å². The number of hydrogen-bond donors (Lipinski definition) is 2. The summed E-state index contributed by atoms with van der Waals surface area (Å²) in [6.07, 6.45) is 3.40. The Morgan fingerprint density at radius 1 is 1.24 bits per heavy atom. The van der Waals surface area contributed by atoms with Crippen LogP contribution in [0.5, 0.6) is 0 Å². The topological polar surface area (TPSA) is 63.4 Å². The van der Waals surface area contributed by atoms with Crippen LogP contribution in [0.15, 0.2) is 18.2 Å². The molecule has 21 heavy (non-hydrogen) atoms. The maximum atomic E-state index is 5.80. The maximum absolute atomic E-state index is 5.80. The molecule has 0 atom stereocenters. The quantitative estimate of drug-likeness (QED) is 0.654. The van der Waals surface area contributed by atoms with Gasteiger partial charge in [0.15, 0.2) is 0 Å². The van der Waals surface area contributed by atoms with Gasteiger partial charge in [-0.1, -0.05) is 0 Å². The van der Waals surface area contributed by atoms with Gasteiger partial charge in [0.2, 0.25) is 0 Å². The first kappa shape index (κ1) is 12.9. The fourth-order valence-corrected chi connectivity index (χ4v) is 3.38. The predicted octanol–water partition coefficient (Wildman–Crippen LogP) is 2.19. The van der Waals surface area contributed by atoms with Gasteiger partial charge in [-0.2, -0.15) is 0 Å². The number of rotatable bonds is 2. The monoisotopic (exact) mass is 284 g/mol. The van der Waals surface area contributed by atoms with Crippen molar-refractivity contribution in [1.82, 2.24) is 4.98 Å².